The summed E-state index contributed by atoms with van der Waals surface area (Å²) in [4.78, 5) is 14.0. The van der Waals surface area contributed by atoms with E-state index in [-0.39, 0.29) is 23.5 Å². The van der Waals surface area contributed by atoms with Crippen LogP contribution < -0.4 is 0 Å². The van der Waals surface area contributed by atoms with Crippen LogP contribution in [0.3, 0.4) is 0 Å². The highest BCUT2D eigenvalue weighted by molar-refractivity contribution is 7.91. The summed E-state index contributed by atoms with van der Waals surface area (Å²) in [5.74, 6) is 0.860. The summed E-state index contributed by atoms with van der Waals surface area (Å²) in [5, 5.41) is 7.69. The van der Waals surface area contributed by atoms with Crippen LogP contribution in [0.4, 0.5) is 0 Å². The number of aromatic nitrogens is 2. The molecule has 1 amide bonds. The molecule has 1 aromatic carbocycles. The van der Waals surface area contributed by atoms with Crippen molar-refractivity contribution in [3.05, 3.63) is 35.7 Å². The molecule has 8 heteroatoms. The van der Waals surface area contributed by atoms with Crippen molar-refractivity contribution in [2.75, 3.05) is 18.6 Å². The maximum atomic E-state index is 12.5. The second-order valence-electron chi connectivity index (χ2n) is 5.68. The van der Waals surface area contributed by atoms with Crippen LogP contribution in [0.15, 0.2) is 28.7 Å². The highest BCUT2D eigenvalue weighted by atomic mass is 32.2. The van der Waals surface area contributed by atoms with E-state index in [1.807, 2.05) is 0 Å². The minimum Gasteiger partial charge on any atom is -0.421 e. The summed E-state index contributed by atoms with van der Waals surface area (Å²) >= 11 is 0. The molecule has 0 saturated carbocycles. The molecule has 0 bridgehead atoms. The third-order valence-electron chi connectivity index (χ3n) is 3.98. The number of benzene rings is 1. The number of nitrogens with zero attached hydrogens (tertiary/aromatic N) is 3. The Hall–Kier alpha value is -2.22. The van der Waals surface area contributed by atoms with E-state index in [1.165, 1.54) is 4.90 Å². The fraction of sp³-hybridized carbons (Fsp3) is 0.400. The molecule has 3 rings (SSSR count). The summed E-state index contributed by atoms with van der Waals surface area (Å²) in [6, 6.07) is 6.57. The standard InChI is InChI=1S/C15H17N3O4S/c1-10-16-17-14(22-10)11-3-5-12(6-4-11)15(19)18(2)13-7-8-23(20,21)9-13/h3-6,13H,7-9H2,1-2H3. The third-order valence-corrected chi connectivity index (χ3v) is 5.73. The van der Waals surface area contributed by atoms with Gasteiger partial charge in [-0.15, -0.1) is 10.2 Å². The van der Waals surface area contributed by atoms with Crippen LogP contribution in [-0.2, 0) is 9.84 Å². The van der Waals surface area contributed by atoms with Gasteiger partial charge < -0.3 is 9.32 Å². The molecular formula is C15H17N3O4S. The number of carbonyl (C=O) groups is 1. The number of sulfone groups is 1. The molecule has 1 unspecified atom stereocenters. The van der Waals surface area contributed by atoms with Crippen LogP contribution in [0.25, 0.3) is 11.5 Å². The van der Waals surface area contributed by atoms with Crippen molar-refractivity contribution >= 4 is 15.7 Å². The number of aryl methyl sites for hydroxylation is 1. The number of hydrogen-bond acceptors (Lipinski definition) is 6. The van der Waals surface area contributed by atoms with Gasteiger partial charge in [0.2, 0.25) is 11.8 Å². The van der Waals surface area contributed by atoms with Gasteiger partial charge >= 0.3 is 0 Å². The lowest BCUT2D eigenvalue weighted by molar-refractivity contribution is 0.0747. The lowest BCUT2D eigenvalue weighted by Crippen LogP contribution is -2.37. The zero-order valence-corrected chi connectivity index (χ0v) is 13.7. The van der Waals surface area contributed by atoms with Gasteiger partial charge in [-0.3, -0.25) is 4.79 Å². The molecule has 2 aromatic rings. The van der Waals surface area contributed by atoms with Crippen molar-refractivity contribution in [1.82, 2.24) is 15.1 Å². The van der Waals surface area contributed by atoms with Gasteiger partial charge in [0, 0.05) is 31.1 Å². The minimum absolute atomic E-state index is 0.0363. The van der Waals surface area contributed by atoms with Gasteiger partial charge in [0.05, 0.1) is 11.5 Å². The molecular weight excluding hydrogens is 318 g/mol. The Kier molecular flexibility index (Phi) is 3.93. The molecule has 1 aliphatic rings. The van der Waals surface area contributed by atoms with Crippen LogP contribution in [0, 0.1) is 6.92 Å². The maximum absolute atomic E-state index is 12.5. The first kappa shape index (κ1) is 15.7. The second-order valence-corrected chi connectivity index (χ2v) is 7.91. The van der Waals surface area contributed by atoms with Gasteiger partial charge in [0.1, 0.15) is 0 Å². The number of carbonyl (C=O) groups excluding carboxylic acids is 1. The quantitative estimate of drug-likeness (QED) is 0.839. The van der Waals surface area contributed by atoms with E-state index in [1.54, 1.807) is 38.2 Å². The molecule has 7 nitrogen and oxygen atoms in total. The Morgan fingerprint density at radius 1 is 1.26 bits per heavy atom. The highest BCUT2D eigenvalue weighted by Crippen LogP contribution is 2.21. The summed E-state index contributed by atoms with van der Waals surface area (Å²) < 4.78 is 28.4. The number of rotatable bonds is 3. The van der Waals surface area contributed by atoms with Crippen molar-refractivity contribution < 1.29 is 17.6 Å². The Morgan fingerprint density at radius 3 is 2.48 bits per heavy atom. The lowest BCUT2D eigenvalue weighted by atomic mass is 10.1. The molecule has 0 aliphatic carbocycles. The average molecular weight is 335 g/mol. The Labute approximate surface area is 134 Å². The summed E-state index contributed by atoms with van der Waals surface area (Å²) in [7, 11) is -1.38. The van der Waals surface area contributed by atoms with Crippen LogP contribution in [0.1, 0.15) is 22.7 Å². The van der Waals surface area contributed by atoms with Gasteiger partial charge in [0.15, 0.2) is 9.84 Å². The Morgan fingerprint density at radius 2 is 1.96 bits per heavy atom. The third kappa shape index (κ3) is 3.26. The van der Waals surface area contributed by atoms with Gasteiger partial charge in [-0.05, 0) is 30.7 Å². The van der Waals surface area contributed by atoms with E-state index in [2.05, 4.69) is 10.2 Å². The predicted molar refractivity (Wildman–Crippen MR) is 83.6 cm³/mol. The SMILES string of the molecule is Cc1nnc(-c2ccc(C(=O)N(C)C3CCS(=O)(=O)C3)cc2)o1. The number of hydrogen-bond donors (Lipinski definition) is 0. The van der Waals surface area contributed by atoms with Gasteiger partial charge in [0.25, 0.3) is 5.91 Å². The molecule has 122 valence electrons. The molecule has 0 radical (unpaired) electrons. The first-order valence-electron chi connectivity index (χ1n) is 7.24. The predicted octanol–water partition coefficient (Wildman–Crippen LogP) is 1.30. The molecule has 23 heavy (non-hydrogen) atoms. The molecule has 1 fully saturated rings. The summed E-state index contributed by atoms with van der Waals surface area (Å²) in [6.07, 6.45) is 0.490. The minimum atomic E-state index is -3.02. The Balaban J connectivity index is 1.75. The van der Waals surface area contributed by atoms with E-state index in [9.17, 15) is 13.2 Å². The first-order chi connectivity index (χ1) is 10.9. The monoisotopic (exact) mass is 335 g/mol. The van der Waals surface area contributed by atoms with Gasteiger partial charge in [-0.1, -0.05) is 0 Å². The topological polar surface area (TPSA) is 93.4 Å². The van der Waals surface area contributed by atoms with Gasteiger partial charge in [-0.2, -0.15) is 0 Å². The molecule has 1 atom stereocenters. The first-order valence-corrected chi connectivity index (χ1v) is 9.06. The van der Waals surface area contributed by atoms with Crippen LogP contribution >= 0.6 is 0 Å². The van der Waals surface area contributed by atoms with Crippen LogP contribution in [-0.4, -0.2) is 54.0 Å². The molecule has 2 heterocycles. The number of amides is 1. The van der Waals surface area contributed by atoms with E-state index in [0.29, 0.717) is 23.8 Å². The normalized spacial score (nSPS) is 19.7. The van der Waals surface area contributed by atoms with Crippen molar-refractivity contribution in [1.29, 1.82) is 0 Å². The molecule has 1 aromatic heterocycles. The fourth-order valence-electron chi connectivity index (χ4n) is 2.62. The van der Waals surface area contributed by atoms with Crippen molar-refractivity contribution in [3.63, 3.8) is 0 Å². The van der Waals surface area contributed by atoms with E-state index in [0.717, 1.165) is 5.56 Å². The zero-order chi connectivity index (χ0) is 16.6. The lowest BCUT2D eigenvalue weighted by Gasteiger charge is -2.23. The molecule has 1 saturated heterocycles. The van der Waals surface area contributed by atoms with Crippen molar-refractivity contribution in [2.24, 2.45) is 0 Å². The van der Waals surface area contributed by atoms with Crippen molar-refractivity contribution in [2.45, 2.75) is 19.4 Å². The van der Waals surface area contributed by atoms with Crippen molar-refractivity contribution in [3.8, 4) is 11.5 Å². The van der Waals surface area contributed by atoms with E-state index < -0.39 is 9.84 Å². The molecule has 0 N–H and O–H groups in total. The molecule has 1 aliphatic heterocycles. The van der Waals surface area contributed by atoms with E-state index in [4.69, 9.17) is 4.42 Å². The smallest absolute Gasteiger partial charge is 0.253 e. The summed E-state index contributed by atoms with van der Waals surface area (Å²) in [5.41, 5.74) is 1.23. The van der Waals surface area contributed by atoms with E-state index >= 15 is 0 Å². The van der Waals surface area contributed by atoms with Crippen LogP contribution in [0.5, 0.6) is 0 Å². The average Bonchev–Trinajstić information content (AvgIpc) is 3.11. The highest BCUT2D eigenvalue weighted by Gasteiger charge is 2.33. The van der Waals surface area contributed by atoms with Crippen LogP contribution in [0.2, 0.25) is 0 Å². The maximum Gasteiger partial charge on any atom is 0.253 e. The fourth-order valence-corrected chi connectivity index (χ4v) is 4.39. The van der Waals surface area contributed by atoms with Gasteiger partial charge in [-0.25, -0.2) is 8.42 Å². The largest absolute Gasteiger partial charge is 0.421 e. The second kappa shape index (κ2) is 5.77. The Bertz CT molecular complexity index is 827. The molecule has 0 spiro atoms. The zero-order valence-electron chi connectivity index (χ0n) is 12.9. The summed E-state index contributed by atoms with van der Waals surface area (Å²) in [6.45, 7) is 1.71.